The minimum Gasteiger partial charge on any atom is -0.394 e. The predicted octanol–water partition coefficient (Wildman–Crippen LogP) is 19.1. The molecule has 4 atom stereocenters. The van der Waals surface area contributed by atoms with Crippen LogP contribution in [0.25, 0.3) is 0 Å². The van der Waals surface area contributed by atoms with Gasteiger partial charge < -0.3 is 25.7 Å². The molecule has 6 heteroatoms. The Hall–Kier alpha value is -1.47. The average Bonchev–Trinajstić information content (AvgIpc) is 3.38. The third-order valence-electron chi connectivity index (χ3n) is 15.1. The number of hydrogen-bond acceptors (Lipinski definition) is 5. The summed E-state index contributed by atoms with van der Waals surface area (Å²) < 4.78 is 0. The molecule has 71 heavy (non-hydrogen) atoms. The number of unbranched alkanes of at least 4 members (excludes halogenated alkanes) is 44. The molecule has 0 bridgehead atoms. The molecule has 0 aromatic rings. The van der Waals surface area contributed by atoms with Gasteiger partial charge in [-0.1, -0.05) is 301 Å². The summed E-state index contributed by atoms with van der Waals surface area (Å²) in [6, 6.07) is -1.01. The Morgan fingerprint density at radius 2 is 0.592 bits per heavy atom. The number of carbonyl (C=O) groups excluding carboxylic acids is 1. The zero-order chi connectivity index (χ0) is 51.6. The van der Waals surface area contributed by atoms with Crippen LogP contribution in [0.4, 0.5) is 0 Å². The van der Waals surface area contributed by atoms with E-state index in [4.69, 9.17) is 0 Å². The van der Waals surface area contributed by atoms with Crippen LogP contribution in [0.2, 0.25) is 0 Å². The van der Waals surface area contributed by atoms with Gasteiger partial charge in [-0.05, 0) is 77.0 Å². The van der Waals surface area contributed by atoms with Crippen LogP contribution < -0.4 is 5.32 Å². The topological polar surface area (TPSA) is 110 Å². The minimum atomic E-state index is -1.29. The number of carbonyl (C=O) groups is 1. The first-order valence-electron chi connectivity index (χ1n) is 31.9. The third kappa shape index (κ3) is 53.2. The fourth-order valence-corrected chi connectivity index (χ4v) is 10.1. The molecule has 0 heterocycles. The van der Waals surface area contributed by atoms with E-state index >= 15 is 0 Å². The molecule has 4 unspecified atom stereocenters. The van der Waals surface area contributed by atoms with Crippen LogP contribution in [-0.2, 0) is 4.79 Å². The number of hydrogen-bond donors (Lipinski definition) is 5. The van der Waals surface area contributed by atoms with Gasteiger partial charge in [-0.15, -0.1) is 0 Å². The van der Waals surface area contributed by atoms with E-state index in [-0.39, 0.29) is 0 Å². The molecule has 0 aromatic carbocycles. The molecule has 0 fully saturated rings. The van der Waals surface area contributed by atoms with Gasteiger partial charge in [-0.3, -0.25) is 4.79 Å². The SMILES string of the molecule is CCCCCCCCCCCCCC/C=C\CCCCCCCCCCCCCCC(O)C(=O)NC(CO)C(O)C(O)CCC/C=C/CC/C=C/CCCCCCCCCCCCCCCCCCCC. The quantitative estimate of drug-likeness (QED) is 0.0308. The Bertz CT molecular complexity index is 1120. The van der Waals surface area contributed by atoms with Gasteiger partial charge in [-0.25, -0.2) is 0 Å². The lowest BCUT2D eigenvalue weighted by Gasteiger charge is -2.27. The van der Waals surface area contributed by atoms with Crippen molar-refractivity contribution in [3.63, 3.8) is 0 Å². The maximum atomic E-state index is 12.6. The van der Waals surface area contributed by atoms with E-state index < -0.39 is 36.9 Å². The number of aliphatic hydroxyl groups is 4. The molecule has 0 saturated heterocycles. The third-order valence-corrected chi connectivity index (χ3v) is 15.1. The summed E-state index contributed by atoms with van der Waals surface area (Å²) in [5, 5.41) is 44.1. The molecule has 0 aromatic heterocycles. The number of aliphatic hydroxyl groups excluding tert-OH is 4. The second-order valence-electron chi connectivity index (χ2n) is 22.1. The van der Waals surface area contributed by atoms with Crippen LogP contribution in [0.1, 0.15) is 341 Å². The summed E-state index contributed by atoms with van der Waals surface area (Å²) in [7, 11) is 0. The zero-order valence-electron chi connectivity index (χ0n) is 47.7. The smallest absolute Gasteiger partial charge is 0.249 e. The van der Waals surface area contributed by atoms with Crippen molar-refractivity contribution >= 4 is 5.91 Å². The summed E-state index contributed by atoms with van der Waals surface area (Å²) in [6.45, 7) is 4.08. The van der Waals surface area contributed by atoms with Gasteiger partial charge in [0.2, 0.25) is 5.91 Å². The van der Waals surface area contributed by atoms with Crippen molar-refractivity contribution in [2.75, 3.05) is 6.61 Å². The summed E-state index contributed by atoms with van der Waals surface area (Å²) in [4.78, 5) is 12.6. The molecule has 0 saturated carbocycles. The van der Waals surface area contributed by atoms with Crippen molar-refractivity contribution in [3.8, 4) is 0 Å². The van der Waals surface area contributed by atoms with Crippen molar-refractivity contribution < 1.29 is 25.2 Å². The Morgan fingerprint density at radius 1 is 0.338 bits per heavy atom. The van der Waals surface area contributed by atoms with E-state index in [0.717, 1.165) is 38.5 Å². The maximum Gasteiger partial charge on any atom is 0.249 e. The predicted molar refractivity (Wildman–Crippen MR) is 311 cm³/mol. The van der Waals surface area contributed by atoms with Crippen LogP contribution in [0.3, 0.4) is 0 Å². The first-order valence-corrected chi connectivity index (χ1v) is 31.9. The highest BCUT2D eigenvalue weighted by molar-refractivity contribution is 5.80. The number of amides is 1. The van der Waals surface area contributed by atoms with Gasteiger partial charge in [0.25, 0.3) is 0 Å². The van der Waals surface area contributed by atoms with E-state index in [2.05, 4.69) is 55.6 Å². The van der Waals surface area contributed by atoms with Crippen LogP contribution in [-0.4, -0.2) is 57.3 Å². The van der Waals surface area contributed by atoms with Gasteiger partial charge in [0.15, 0.2) is 0 Å². The van der Waals surface area contributed by atoms with E-state index in [0.29, 0.717) is 19.3 Å². The first-order chi connectivity index (χ1) is 35.0. The lowest BCUT2D eigenvalue weighted by molar-refractivity contribution is -0.132. The first kappa shape index (κ1) is 69.5. The van der Waals surface area contributed by atoms with Crippen molar-refractivity contribution in [2.24, 2.45) is 0 Å². The standard InChI is InChI=1S/C65H125NO5/c1-3-5-7-9-11-13-15-17-19-21-23-25-27-29-31-33-35-37-39-41-43-45-47-49-51-53-55-57-59-63(69)65(71)66-61(60-67)64(70)62(68)58-56-54-52-50-48-46-44-42-40-38-36-34-32-30-28-26-24-22-20-18-16-14-12-10-8-6-4-2/h29,31,42,44,50,52,61-64,67-70H,3-28,30,32-41,43,45-49,51,53-60H2,1-2H3,(H,66,71)/b31-29-,44-42+,52-50+. The van der Waals surface area contributed by atoms with Gasteiger partial charge >= 0.3 is 0 Å². The van der Waals surface area contributed by atoms with Crippen molar-refractivity contribution in [3.05, 3.63) is 36.5 Å². The molecule has 0 aliphatic heterocycles. The van der Waals surface area contributed by atoms with Crippen LogP contribution >= 0.6 is 0 Å². The summed E-state index contributed by atoms with van der Waals surface area (Å²) in [5.74, 6) is -0.593. The highest BCUT2D eigenvalue weighted by Crippen LogP contribution is 2.18. The van der Waals surface area contributed by atoms with Crippen molar-refractivity contribution in [2.45, 2.75) is 366 Å². The lowest BCUT2D eigenvalue weighted by atomic mass is 10.00. The average molecular weight is 1000 g/mol. The fraction of sp³-hybridized carbons (Fsp3) is 0.892. The molecule has 0 spiro atoms. The summed E-state index contributed by atoms with van der Waals surface area (Å²) >= 11 is 0. The van der Waals surface area contributed by atoms with Gasteiger partial charge in [0.05, 0.1) is 18.8 Å². The van der Waals surface area contributed by atoms with Crippen LogP contribution in [0.5, 0.6) is 0 Å². The largest absolute Gasteiger partial charge is 0.394 e. The van der Waals surface area contributed by atoms with Crippen LogP contribution in [0, 0.1) is 0 Å². The van der Waals surface area contributed by atoms with E-state index in [1.54, 1.807) is 0 Å². The molecule has 0 radical (unpaired) electrons. The Balaban J connectivity index is 3.63. The van der Waals surface area contributed by atoms with Crippen molar-refractivity contribution in [1.29, 1.82) is 0 Å². The van der Waals surface area contributed by atoms with Crippen molar-refractivity contribution in [1.82, 2.24) is 5.32 Å². The second-order valence-corrected chi connectivity index (χ2v) is 22.1. The van der Waals surface area contributed by atoms with Gasteiger partial charge in [0, 0.05) is 0 Å². The van der Waals surface area contributed by atoms with Gasteiger partial charge in [-0.2, -0.15) is 0 Å². The Kier molecular flexibility index (Phi) is 58.2. The molecule has 5 N–H and O–H groups in total. The second kappa shape index (κ2) is 59.4. The number of rotatable bonds is 59. The molecular formula is C65H125NO5. The Morgan fingerprint density at radius 3 is 0.887 bits per heavy atom. The van der Waals surface area contributed by atoms with Gasteiger partial charge in [0.1, 0.15) is 12.2 Å². The fourth-order valence-electron chi connectivity index (χ4n) is 10.1. The van der Waals surface area contributed by atoms with E-state index in [1.807, 2.05) is 0 Å². The molecule has 0 aliphatic carbocycles. The van der Waals surface area contributed by atoms with E-state index in [9.17, 15) is 25.2 Å². The lowest BCUT2D eigenvalue weighted by Crippen LogP contribution is -2.53. The Labute approximate surface area is 443 Å². The molecular weight excluding hydrogens is 875 g/mol. The number of nitrogens with one attached hydrogen (secondary N) is 1. The summed E-state index contributed by atoms with van der Waals surface area (Å²) in [6.07, 6.45) is 75.3. The van der Waals surface area contributed by atoms with Crippen LogP contribution in [0.15, 0.2) is 36.5 Å². The highest BCUT2D eigenvalue weighted by atomic mass is 16.3. The number of allylic oxidation sites excluding steroid dienone is 6. The zero-order valence-corrected chi connectivity index (χ0v) is 47.7. The molecule has 0 rings (SSSR count). The maximum absolute atomic E-state index is 12.6. The van der Waals surface area contributed by atoms with E-state index in [1.165, 1.54) is 270 Å². The monoisotopic (exact) mass is 1000 g/mol. The molecule has 1 amide bonds. The summed E-state index contributed by atoms with van der Waals surface area (Å²) in [5.41, 5.74) is 0. The molecule has 6 nitrogen and oxygen atoms in total. The molecule has 0 aliphatic rings. The minimum absolute atomic E-state index is 0.361. The highest BCUT2D eigenvalue weighted by Gasteiger charge is 2.28. The normalized spacial score (nSPS) is 13.8. The molecule has 420 valence electrons.